The number of nitro groups is 1. The molecule has 12 heteroatoms. The van der Waals surface area contributed by atoms with Crippen LogP contribution in [0.15, 0.2) is 80.1 Å². The molecule has 0 fully saturated rings. The Morgan fingerprint density at radius 1 is 1.22 bits per heavy atom. The maximum atomic E-state index is 13.8. The molecule has 0 spiro atoms. The van der Waals surface area contributed by atoms with Gasteiger partial charge in [0.25, 0.3) is 11.2 Å². The number of allylic oxidation sites excluding steroid dienone is 1. The van der Waals surface area contributed by atoms with Crippen molar-refractivity contribution in [1.29, 1.82) is 0 Å². The fourth-order valence-corrected chi connectivity index (χ4v) is 5.82. The predicted molar refractivity (Wildman–Crippen MR) is 157 cm³/mol. The predicted octanol–water partition coefficient (Wildman–Crippen LogP) is 4.69. The SMILES string of the molecule is CCOC(=O)C1=C(C)N=c2s/c(=C\c3ccc(-c4cc([N+](=O)[O-])ccc4Cl)o3)c(=O)n2[C@H]1c1ccc(N(C)C)cc1. The largest absolute Gasteiger partial charge is 0.463 e. The first-order chi connectivity index (χ1) is 19.6. The highest BCUT2D eigenvalue weighted by Crippen LogP contribution is 2.33. The van der Waals surface area contributed by atoms with E-state index in [1.807, 2.05) is 43.3 Å². The first kappa shape index (κ1) is 28.1. The third kappa shape index (κ3) is 5.33. The van der Waals surface area contributed by atoms with Crippen LogP contribution in [0.1, 0.15) is 31.2 Å². The monoisotopic (exact) mass is 592 g/mol. The number of halogens is 1. The summed E-state index contributed by atoms with van der Waals surface area (Å²) < 4.78 is 13.1. The van der Waals surface area contributed by atoms with Crippen molar-refractivity contribution in [2.45, 2.75) is 19.9 Å². The van der Waals surface area contributed by atoms with Crippen LogP contribution >= 0.6 is 22.9 Å². The van der Waals surface area contributed by atoms with Crippen molar-refractivity contribution in [1.82, 2.24) is 4.57 Å². The number of esters is 1. The second-order valence-electron chi connectivity index (χ2n) is 9.41. The summed E-state index contributed by atoms with van der Waals surface area (Å²) in [6.07, 6.45) is 1.58. The summed E-state index contributed by atoms with van der Waals surface area (Å²) >= 11 is 7.44. The summed E-state index contributed by atoms with van der Waals surface area (Å²) in [6, 6.07) is 14.2. The lowest BCUT2D eigenvalue weighted by Gasteiger charge is -2.25. The van der Waals surface area contributed by atoms with Gasteiger partial charge in [-0.3, -0.25) is 19.5 Å². The standard InChI is InChI=1S/C29H25ClN4O6S/c1-5-39-28(36)25-16(2)31-29-33(26(25)17-6-8-18(9-7-17)32(3)4)27(35)24(41-29)15-20-11-13-23(40-20)21-14-19(34(37)38)10-12-22(21)30/h6-15,26H,5H2,1-4H3/b24-15-/t26-/m0/s1. The number of carbonyl (C=O) groups excluding carboxylic acids is 1. The Hall–Kier alpha value is -4.48. The smallest absolute Gasteiger partial charge is 0.338 e. The lowest BCUT2D eigenvalue weighted by molar-refractivity contribution is -0.384. The first-order valence-corrected chi connectivity index (χ1v) is 13.8. The molecule has 1 aliphatic heterocycles. The summed E-state index contributed by atoms with van der Waals surface area (Å²) in [4.78, 5) is 44.6. The van der Waals surface area contributed by atoms with E-state index in [2.05, 4.69) is 4.99 Å². The van der Waals surface area contributed by atoms with Crippen LogP contribution < -0.4 is 19.8 Å². The minimum Gasteiger partial charge on any atom is -0.463 e. The summed E-state index contributed by atoms with van der Waals surface area (Å²) in [5, 5.41) is 11.5. The van der Waals surface area contributed by atoms with Gasteiger partial charge in [-0.15, -0.1) is 0 Å². The molecule has 5 rings (SSSR count). The third-order valence-electron chi connectivity index (χ3n) is 6.57. The molecule has 0 radical (unpaired) electrons. The number of rotatable bonds is 7. The van der Waals surface area contributed by atoms with Crippen molar-refractivity contribution < 1.29 is 18.9 Å². The van der Waals surface area contributed by atoms with E-state index in [0.29, 0.717) is 37.7 Å². The molecular weight excluding hydrogens is 568 g/mol. The number of ether oxygens (including phenoxy) is 1. The van der Waals surface area contributed by atoms with Gasteiger partial charge in [-0.2, -0.15) is 0 Å². The zero-order chi connectivity index (χ0) is 29.4. The van der Waals surface area contributed by atoms with Crippen LogP contribution in [0.5, 0.6) is 0 Å². The Labute approximate surface area is 243 Å². The zero-order valence-electron chi connectivity index (χ0n) is 22.6. The molecule has 1 atom stereocenters. The number of hydrogen-bond donors (Lipinski definition) is 0. The minimum atomic E-state index is -0.737. The van der Waals surface area contributed by atoms with Crippen LogP contribution in [0.2, 0.25) is 5.02 Å². The van der Waals surface area contributed by atoms with Crippen molar-refractivity contribution in [3.63, 3.8) is 0 Å². The van der Waals surface area contributed by atoms with Crippen molar-refractivity contribution in [3.05, 3.63) is 112 Å². The van der Waals surface area contributed by atoms with Crippen LogP contribution in [-0.2, 0) is 9.53 Å². The molecule has 10 nitrogen and oxygen atoms in total. The van der Waals surface area contributed by atoms with Crippen LogP contribution in [0.3, 0.4) is 0 Å². The number of furan rings is 1. The van der Waals surface area contributed by atoms with E-state index in [1.165, 1.54) is 34.1 Å². The normalized spacial score (nSPS) is 15.0. The molecule has 2 aromatic heterocycles. The molecule has 210 valence electrons. The van der Waals surface area contributed by atoms with Gasteiger partial charge in [-0.25, -0.2) is 9.79 Å². The summed E-state index contributed by atoms with van der Waals surface area (Å²) in [6.45, 7) is 3.64. The second kappa shape index (κ2) is 11.2. The van der Waals surface area contributed by atoms with Crippen molar-refractivity contribution in [3.8, 4) is 11.3 Å². The van der Waals surface area contributed by atoms with Crippen molar-refractivity contribution in [2.24, 2.45) is 4.99 Å². The fourth-order valence-electron chi connectivity index (χ4n) is 4.58. The minimum absolute atomic E-state index is 0.123. The molecule has 3 heterocycles. The van der Waals surface area contributed by atoms with E-state index < -0.39 is 16.9 Å². The van der Waals surface area contributed by atoms with Gasteiger partial charge in [0.15, 0.2) is 4.80 Å². The molecule has 0 saturated carbocycles. The first-order valence-electron chi connectivity index (χ1n) is 12.6. The number of anilines is 1. The molecule has 2 aromatic carbocycles. The maximum Gasteiger partial charge on any atom is 0.338 e. The number of hydrogen-bond acceptors (Lipinski definition) is 9. The van der Waals surface area contributed by atoms with Crippen LogP contribution in [0, 0.1) is 10.1 Å². The third-order valence-corrected chi connectivity index (χ3v) is 7.88. The number of nitrogens with zero attached hydrogens (tertiary/aromatic N) is 4. The molecular formula is C29H25ClN4O6S. The molecule has 4 aromatic rings. The van der Waals surface area contributed by atoms with Gasteiger partial charge < -0.3 is 14.1 Å². The topological polar surface area (TPSA) is 120 Å². The van der Waals surface area contributed by atoms with Gasteiger partial charge in [0.2, 0.25) is 0 Å². The van der Waals surface area contributed by atoms with Crippen LogP contribution in [0.25, 0.3) is 17.4 Å². The van der Waals surface area contributed by atoms with Gasteiger partial charge in [0, 0.05) is 43.6 Å². The number of benzene rings is 2. The molecule has 41 heavy (non-hydrogen) atoms. The molecule has 0 saturated heterocycles. The Morgan fingerprint density at radius 3 is 2.61 bits per heavy atom. The average molecular weight is 593 g/mol. The average Bonchev–Trinajstić information content (AvgIpc) is 3.52. The number of fused-ring (bicyclic) bond motifs is 1. The highest BCUT2D eigenvalue weighted by Gasteiger charge is 2.33. The van der Waals surface area contributed by atoms with Gasteiger partial charge in [-0.05, 0) is 49.7 Å². The molecule has 0 N–H and O–H groups in total. The number of nitro benzene ring substituents is 1. The van der Waals surface area contributed by atoms with Crippen LogP contribution in [-0.4, -0.2) is 36.2 Å². The second-order valence-corrected chi connectivity index (χ2v) is 10.8. The van der Waals surface area contributed by atoms with Crippen molar-refractivity contribution >= 4 is 46.4 Å². The Bertz CT molecular complexity index is 1880. The fraction of sp³-hybridized carbons (Fsp3) is 0.207. The summed E-state index contributed by atoms with van der Waals surface area (Å²) in [5.41, 5.74) is 2.36. The Kier molecular flexibility index (Phi) is 7.65. The molecule has 0 unspecified atom stereocenters. The van der Waals surface area contributed by atoms with Crippen molar-refractivity contribution in [2.75, 3.05) is 25.6 Å². The van der Waals surface area contributed by atoms with E-state index in [0.717, 1.165) is 11.3 Å². The molecule has 0 aliphatic carbocycles. The number of aromatic nitrogens is 1. The van der Waals surface area contributed by atoms with E-state index in [1.54, 1.807) is 32.1 Å². The lowest BCUT2D eigenvalue weighted by Crippen LogP contribution is -2.39. The Balaban J connectivity index is 1.62. The van der Waals surface area contributed by atoms with E-state index in [9.17, 15) is 19.7 Å². The number of non-ortho nitro benzene ring substituents is 1. The zero-order valence-corrected chi connectivity index (χ0v) is 24.2. The van der Waals surface area contributed by atoms with Gasteiger partial charge >= 0.3 is 5.97 Å². The van der Waals surface area contributed by atoms with Gasteiger partial charge in [0.1, 0.15) is 11.5 Å². The highest BCUT2D eigenvalue weighted by atomic mass is 35.5. The number of carbonyl (C=O) groups is 1. The molecule has 0 amide bonds. The quantitative estimate of drug-likeness (QED) is 0.173. The van der Waals surface area contributed by atoms with Gasteiger partial charge in [0.05, 0.1) is 38.4 Å². The van der Waals surface area contributed by atoms with E-state index in [-0.39, 0.29) is 22.9 Å². The van der Waals surface area contributed by atoms with E-state index >= 15 is 0 Å². The Morgan fingerprint density at radius 2 is 1.95 bits per heavy atom. The molecule has 1 aliphatic rings. The maximum absolute atomic E-state index is 13.8. The summed E-state index contributed by atoms with van der Waals surface area (Å²) in [7, 11) is 3.86. The molecule has 0 bridgehead atoms. The number of thiazole rings is 1. The lowest BCUT2D eigenvalue weighted by atomic mass is 9.95. The van der Waals surface area contributed by atoms with Gasteiger partial charge in [-0.1, -0.05) is 35.1 Å². The highest BCUT2D eigenvalue weighted by molar-refractivity contribution is 7.07. The van der Waals surface area contributed by atoms with Crippen LogP contribution in [0.4, 0.5) is 11.4 Å². The van der Waals surface area contributed by atoms with E-state index in [4.69, 9.17) is 20.8 Å². The summed E-state index contributed by atoms with van der Waals surface area (Å²) in [5.74, 6) is 0.132.